The molecule has 2 atom stereocenters. The lowest BCUT2D eigenvalue weighted by atomic mass is 9.81. The first kappa shape index (κ1) is 16.6. The zero-order valence-electron chi connectivity index (χ0n) is 10.9. The minimum atomic E-state index is -0.536. The van der Waals surface area contributed by atoms with Crippen LogP contribution in [0.2, 0.25) is 5.02 Å². The van der Waals surface area contributed by atoms with E-state index in [9.17, 15) is 5.11 Å². The Morgan fingerprint density at radius 3 is 2.47 bits per heavy atom. The van der Waals surface area contributed by atoms with Crippen LogP contribution in [0, 0.1) is 5.92 Å². The van der Waals surface area contributed by atoms with Gasteiger partial charge in [0.25, 0.3) is 0 Å². The molecule has 0 radical (unpaired) electrons. The Balaban J connectivity index is 0.00000180. The number of benzene rings is 1. The van der Waals surface area contributed by atoms with Crippen LogP contribution in [0.1, 0.15) is 43.7 Å². The summed E-state index contributed by atoms with van der Waals surface area (Å²) in [6.45, 7) is 0. The van der Waals surface area contributed by atoms with Gasteiger partial charge in [-0.05, 0) is 42.5 Å². The van der Waals surface area contributed by atoms with Crippen molar-refractivity contribution in [3.8, 4) is 0 Å². The fraction of sp³-hybridized carbons (Fsp3) is 0.571. The average Bonchev–Trinajstić information content (AvgIpc) is 2.41. The van der Waals surface area contributed by atoms with E-state index >= 15 is 0 Å². The molecule has 5 heteroatoms. The molecule has 0 aliphatic heterocycles. The first-order valence-corrected chi connectivity index (χ1v) is 6.96. The minimum Gasteiger partial charge on any atom is -0.398 e. The van der Waals surface area contributed by atoms with E-state index in [0.29, 0.717) is 10.7 Å². The van der Waals surface area contributed by atoms with Crippen molar-refractivity contribution in [2.24, 2.45) is 11.7 Å². The van der Waals surface area contributed by atoms with Gasteiger partial charge in [0.15, 0.2) is 0 Å². The Morgan fingerprint density at radius 1 is 1.21 bits per heavy atom. The smallest absolute Gasteiger partial charge is 0.0761 e. The second kappa shape index (κ2) is 7.34. The summed E-state index contributed by atoms with van der Waals surface area (Å²) >= 11 is 5.96. The van der Waals surface area contributed by atoms with E-state index in [2.05, 4.69) is 0 Å². The Bertz CT molecular complexity index is 408. The van der Waals surface area contributed by atoms with Gasteiger partial charge in [0, 0.05) is 10.7 Å². The highest BCUT2D eigenvalue weighted by molar-refractivity contribution is 6.30. The van der Waals surface area contributed by atoms with Crippen molar-refractivity contribution in [3.63, 3.8) is 0 Å². The molecule has 0 aromatic heterocycles. The Labute approximate surface area is 125 Å². The average molecular weight is 305 g/mol. The summed E-state index contributed by atoms with van der Waals surface area (Å²) in [5, 5.41) is 11.0. The van der Waals surface area contributed by atoms with Crippen LogP contribution < -0.4 is 11.5 Å². The molecule has 1 aromatic rings. The predicted molar refractivity (Wildman–Crippen MR) is 82.6 cm³/mol. The summed E-state index contributed by atoms with van der Waals surface area (Å²) in [5.41, 5.74) is 13.4. The molecule has 1 aliphatic carbocycles. The number of rotatable bonds is 3. The molecule has 1 fully saturated rings. The number of hydrogen-bond acceptors (Lipinski definition) is 3. The van der Waals surface area contributed by atoms with Gasteiger partial charge in [-0.3, -0.25) is 0 Å². The van der Waals surface area contributed by atoms with Gasteiger partial charge in [0.05, 0.1) is 12.1 Å². The highest BCUT2D eigenvalue weighted by Gasteiger charge is 2.28. The first-order valence-electron chi connectivity index (χ1n) is 6.58. The molecule has 2 rings (SSSR count). The number of anilines is 1. The molecule has 1 aromatic carbocycles. The lowest BCUT2D eigenvalue weighted by Gasteiger charge is -2.31. The zero-order chi connectivity index (χ0) is 13.1. The van der Waals surface area contributed by atoms with E-state index in [-0.39, 0.29) is 18.3 Å². The molecule has 108 valence electrons. The summed E-state index contributed by atoms with van der Waals surface area (Å²) in [5.74, 6) is 0.284. The van der Waals surface area contributed by atoms with Crippen LogP contribution in [0.15, 0.2) is 18.2 Å². The number of nitrogen functional groups attached to an aromatic ring is 1. The largest absolute Gasteiger partial charge is 0.398 e. The van der Waals surface area contributed by atoms with Gasteiger partial charge in [-0.25, -0.2) is 0 Å². The number of halogens is 2. The van der Waals surface area contributed by atoms with Gasteiger partial charge in [0.2, 0.25) is 0 Å². The molecular formula is C14H22Cl2N2O. The molecule has 1 aliphatic rings. The van der Waals surface area contributed by atoms with E-state index in [4.69, 9.17) is 23.1 Å². The van der Waals surface area contributed by atoms with E-state index < -0.39 is 12.1 Å². The Hall–Kier alpha value is -0.480. The molecule has 1 saturated carbocycles. The highest BCUT2D eigenvalue weighted by Crippen LogP contribution is 2.33. The molecule has 0 spiro atoms. The molecule has 0 bridgehead atoms. The van der Waals surface area contributed by atoms with Crippen molar-refractivity contribution in [1.29, 1.82) is 0 Å². The standard InChI is InChI=1S/C14H21ClN2O.ClH/c15-10-6-7-12(16)11(8-10)13(17)14(18)9-4-2-1-3-5-9;/h6-9,13-14,18H,1-5,16-17H2;1H/t13-,14+;/m1./s1. The van der Waals surface area contributed by atoms with Crippen LogP contribution in [0.5, 0.6) is 0 Å². The van der Waals surface area contributed by atoms with Crippen molar-refractivity contribution in [2.75, 3.05) is 5.73 Å². The molecule has 0 saturated heterocycles. The molecular weight excluding hydrogens is 283 g/mol. The van der Waals surface area contributed by atoms with Crippen LogP contribution >= 0.6 is 24.0 Å². The number of nitrogens with two attached hydrogens (primary N) is 2. The highest BCUT2D eigenvalue weighted by atomic mass is 35.5. The van der Waals surface area contributed by atoms with Crippen LogP contribution in [0.4, 0.5) is 5.69 Å². The molecule has 0 amide bonds. The third kappa shape index (κ3) is 3.99. The van der Waals surface area contributed by atoms with Crippen LogP contribution in [-0.4, -0.2) is 11.2 Å². The first-order chi connectivity index (χ1) is 8.59. The molecule has 5 N–H and O–H groups in total. The lowest BCUT2D eigenvalue weighted by Crippen LogP contribution is -2.34. The van der Waals surface area contributed by atoms with Gasteiger partial charge in [-0.2, -0.15) is 0 Å². The van der Waals surface area contributed by atoms with Gasteiger partial charge >= 0.3 is 0 Å². The third-order valence-corrected chi connectivity index (χ3v) is 4.14. The van der Waals surface area contributed by atoms with Crippen LogP contribution in [0.25, 0.3) is 0 Å². The van der Waals surface area contributed by atoms with Crippen molar-refractivity contribution in [2.45, 2.75) is 44.2 Å². The second-order valence-electron chi connectivity index (χ2n) is 5.19. The Kier molecular flexibility index (Phi) is 6.40. The molecule has 19 heavy (non-hydrogen) atoms. The van der Waals surface area contributed by atoms with Gasteiger partial charge in [-0.1, -0.05) is 30.9 Å². The quantitative estimate of drug-likeness (QED) is 0.750. The number of aliphatic hydroxyl groups excluding tert-OH is 1. The molecule has 3 nitrogen and oxygen atoms in total. The number of aliphatic hydroxyl groups is 1. The Morgan fingerprint density at radius 2 is 1.84 bits per heavy atom. The van der Waals surface area contributed by atoms with Gasteiger partial charge < -0.3 is 16.6 Å². The maximum absolute atomic E-state index is 10.4. The van der Waals surface area contributed by atoms with Crippen molar-refractivity contribution in [3.05, 3.63) is 28.8 Å². The summed E-state index contributed by atoms with van der Waals surface area (Å²) in [4.78, 5) is 0. The third-order valence-electron chi connectivity index (χ3n) is 3.91. The van der Waals surface area contributed by atoms with E-state index in [1.807, 2.05) is 0 Å². The monoisotopic (exact) mass is 304 g/mol. The minimum absolute atomic E-state index is 0. The van der Waals surface area contributed by atoms with E-state index in [1.165, 1.54) is 19.3 Å². The van der Waals surface area contributed by atoms with Crippen molar-refractivity contribution < 1.29 is 5.11 Å². The van der Waals surface area contributed by atoms with E-state index in [1.54, 1.807) is 18.2 Å². The van der Waals surface area contributed by atoms with E-state index in [0.717, 1.165) is 18.4 Å². The van der Waals surface area contributed by atoms with Crippen molar-refractivity contribution >= 4 is 29.7 Å². The van der Waals surface area contributed by atoms with Gasteiger partial charge in [0.1, 0.15) is 0 Å². The van der Waals surface area contributed by atoms with Crippen molar-refractivity contribution in [1.82, 2.24) is 0 Å². The van der Waals surface area contributed by atoms with Crippen LogP contribution in [0.3, 0.4) is 0 Å². The molecule has 0 heterocycles. The predicted octanol–water partition coefficient (Wildman–Crippen LogP) is 3.29. The fourth-order valence-corrected chi connectivity index (χ4v) is 2.97. The topological polar surface area (TPSA) is 72.3 Å². The summed E-state index contributed by atoms with van der Waals surface area (Å²) in [6.07, 6.45) is 5.19. The summed E-state index contributed by atoms with van der Waals surface area (Å²) < 4.78 is 0. The SMILES string of the molecule is Cl.Nc1ccc(Cl)cc1[C@@H](N)[C@@H](O)C1CCCCC1. The van der Waals surface area contributed by atoms with Crippen LogP contribution in [-0.2, 0) is 0 Å². The zero-order valence-corrected chi connectivity index (χ0v) is 12.5. The normalized spacial score (nSPS) is 19.5. The fourth-order valence-electron chi connectivity index (χ4n) is 2.79. The second-order valence-corrected chi connectivity index (χ2v) is 5.62. The lowest BCUT2D eigenvalue weighted by molar-refractivity contribution is 0.0620. The molecule has 0 unspecified atom stereocenters. The maximum atomic E-state index is 10.4. The van der Waals surface area contributed by atoms with Gasteiger partial charge in [-0.15, -0.1) is 12.4 Å². The maximum Gasteiger partial charge on any atom is 0.0761 e. The number of hydrogen-bond donors (Lipinski definition) is 3. The summed E-state index contributed by atoms with van der Waals surface area (Å²) in [6, 6.07) is 4.78. The summed E-state index contributed by atoms with van der Waals surface area (Å²) in [7, 11) is 0.